The third-order valence-corrected chi connectivity index (χ3v) is 2.05. The molecule has 0 aliphatic rings. The van der Waals surface area contributed by atoms with Crippen LogP contribution in [0.2, 0.25) is 0 Å². The van der Waals surface area contributed by atoms with Crippen molar-refractivity contribution in [3.05, 3.63) is 0 Å². The topological polar surface area (TPSA) is 52.6 Å². The average Bonchev–Trinajstić information content (AvgIpc) is 2.28. The van der Waals surface area contributed by atoms with E-state index in [1.807, 2.05) is 0 Å². The Kier molecular flexibility index (Phi) is 6.87. The van der Waals surface area contributed by atoms with Gasteiger partial charge < -0.3 is 9.47 Å². The number of esters is 1. The second-order valence-corrected chi connectivity index (χ2v) is 3.39. The van der Waals surface area contributed by atoms with Gasteiger partial charge >= 0.3 is 11.9 Å². The fourth-order valence-corrected chi connectivity index (χ4v) is 1.28. The number of halogens is 2. The first kappa shape index (κ1) is 16.0. The van der Waals surface area contributed by atoms with Crippen molar-refractivity contribution in [3.8, 4) is 0 Å². The number of hydrogen-bond donors (Lipinski definition) is 0. The molecule has 17 heavy (non-hydrogen) atoms. The molecule has 0 aliphatic heterocycles. The van der Waals surface area contributed by atoms with Crippen LogP contribution >= 0.6 is 0 Å². The molecule has 0 heterocycles. The normalized spacial score (nSPS) is 13.2. The summed E-state index contributed by atoms with van der Waals surface area (Å²) in [5.41, 5.74) is 0. The van der Waals surface area contributed by atoms with Crippen LogP contribution in [0.25, 0.3) is 0 Å². The van der Waals surface area contributed by atoms with Gasteiger partial charge in [0.25, 0.3) is 0 Å². The summed E-state index contributed by atoms with van der Waals surface area (Å²) in [6.07, 6.45) is -0.596. The van der Waals surface area contributed by atoms with Crippen LogP contribution in [-0.4, -0.2) is 37.0 Å². The minimum absolute atomic E-state index is 0.134. The van der Waals surface area contributed by atoms with Gasteiger partial charge in [0.15, 0.2) is 0 Å². The second-order valence-electron chi connectivity index (χ2n) is 3.39. The zero-order valence-electron chi connectivity index (χ0n) is 10.3. The van der Waals surface area contributed by atoms with Crippen LogP contribution in [0.5, 0.6) is 0 Å². The molecule has 0 radical (unpaired) electrons. The smallest absolute Gasteiger partial charge is 0.402 e. The molecule has 0 aromatic rings. The number of ketones is 1. The van der Waals surface area contributed by atoms with Gasteiger partial charge in [0.05, 0.1) is 6.61 Å². The van der Waals surface area contributed by atoms with E-state index in [1.165, 1.54) is 6.92 Å². The van der Waals surface area contributed by atoms with Gasteiger partial charge in [0, 0.05) is 6.61 Å². The highest BCUT2D eigenvalue weighted by molar-refractivity contribution is 6.07. The molecular formula is C11H18F2O4. The summed E-state index contributed by atoms with van der Waals surface area (Å²) in [6, 6.07) is 0. The van der Waals surface area contributed by atoms with E-state index in [0.29, 0.717) is 6.42 Å². The molecule has 100 valence electrons. The van der Waals surface area contributed by atoms with Gasteiger partial charge in [-0.1, -0.05) is 13.3 Å². The molecule has 0 N–H and O–H groups in total. The molecule has 0 saturated carbocycles. The molecule has 0 aromatic carbocycles. The van der Waals surface area contributed by atoms with E-state index in [0.717, 1.165) is 0 Å². The molecule has 0 fully saturated rings. The van der Waals surface area contributed by atoms with Gasteiger partial charge in [0.1, 0.15) is 6.10 Å². The van der Waals surface area contributed by atoms with Crippen LogP contribution in [0.4, 0.5) is 8.78 Å². The molecule has 0 bridgehead atoms. The van der Waals surface area contributed by atoms with Crippen LogP contribution in [-0.2, 0) is 19.1 Å². The van der Waals surface area contributed by atoms with Gasteiger partial charge in [0.2, 0.25) is 5.78 Å². The van der Waals surface area contributed by atoms with Crippen molar-refractivity contribution in [2.24, 2.45) is 0 Å². The molecule has 0 amide bonds. The Balaban J connectivity index is 4.77. The summed E-state index contributed by atoms with van der Waals surface area (Å²) in [6.45, 7) is 4.66. The molecule has 0 saturated heterocycles. The molecular weight excluding hydrogens is 234 g/mol. The lowest BCUT2D eigenvalue weighted by molar-refractivity contribution is -0.181. The summed E-state index contributed by atoms with van der Waals surface area (Å²) in [4.78, 5) is 22.5. The van der Waals surface area contributed by atoms with Crippen LogP contribution in [0.3, 0.4) is 0 Å². The van der Waals surface area contributed by atoms with Crippen molar-refractivity contribution in [1.29, 1.82) is 0 Å². The van der Waals surface area contributed by atoms with Gasteiger partial charge in [-0.3, -0.25) is 4.79 Å². The van der Waals surface area contributed by atoms with Crippen molar-refractivity contribution in [2.45, 2.75) is 45.6 Å². The molecule has 0 aliphatic carbocycles. The van der Waals surface area contributed by atoms with E-state index in [1.54, 1.807) is 13.8 Å². The zero-order valence-corrected chi connectivity index (χ0v) is 10.3. The van der Waals surface area contributed by atoms with Gasteiger partial charge in [-0.15, -0.1) is 0 Å². The van der Waals surface area contributed by atoms with E-state index in [2.05, 4.69) is 4.74 Å². The maximum Gasteiger partial charge on any atom is 0.402 e. The minimum atomic E-state index is -4.13. The molecule has 0 rings (SSSR count). The van der Waals surface area contributed by atoms with E-state index < -0.39 is 23.8 Å². The van der Waals surface area contributed by atoms with Crippen molar-refractivity contribution >= 4 is 11.8 Å². The largest absolute Gasteiger partial charge is 0.461 e. The zero-order chi connectivity index (χ0) is 13.5. The number of carbonyl (C=O) groups excluding carboxylic acids is 2. The Bertz CT molecular complexity index is 260. The van der Waals surface area contributed by atoms with Gasteiger partial charge in [-0.05, 0) is 20.3 Å². The number of Topliss-reactive ketones (excluding diaryl/α,β-unsaturated/α-hetero) is 1. The van der Waals surface area contributed by atoms with Crippen molar-refractivity contribution in [1.82, 2.24) is 0 Å². The first-order valence-electron chi connectivity index (χ1n) is 5.62. The minimum Gasteiger partial charge on any atom is -0.461 e. The number of hydrogen-bond acceptors (Lipinski definition) is 4. The Labute approximate surface area is 99.3 Å². The third kappa shape index (κ3) is 4.38. The predicted octanol–water partition coefficient (Wildman–Crippen LogP) is 1.96. The highest BCUT2D eigenvalue weighted by atomic mass is 19.3. The maximum atomic E-state index is 13.4. The lowest BCUT2D eigenvalue weighted by atomic mass is 10.0. The van der Waals surface area contributed by atoms with Crippen LogP contribution < -0.4 is 0 Å². The number of ether oxygens (including phenoxy) is 2. The number of alkyl halides is 2. The molecule has 4 nitrogen and oxygen atoms in total. The Hall–Kier alpha value is -1.04. The van der Waals surface area contributed by atoms with Gasteiger partial charge in [-0.2, -0.15) is 8.78 Å². The molecule has 1 atom stereocenters. The summed E-state index contributed by atoms with van der Waals surface area (Å²) in [7, 11) is 0. The Morgan fingerprint density at radius 3 is 2.18 bits per heavy atom. The Morgan fingerprint density at radius 1 is 1.18 bits per heavy atom. The fraction of sp³-hybridized carbons (Fsp3) is 0.818. The number of rotatable bonds is 8. The SMILES string of the molecule is CCCC(OCC)C(=O)C(F)(F)C(=O)OCC. The Morgan fingerprint density at radius 2 is 1.76 bits per heavy atom. The summed E-state index contributed by atoms with van der Waals surface area (Å²) < 4.78 is 35.9. The van der Waals surface area contributed by atoms with Crippen molar-refractivity contribution in [3.63, 3.8) is 0 Å². The van der Waals surface area contributed by atoms with E-state index in [9.17, 15) is 18.4 Å². The third-order valence-electron chi connectivity index (χ3n) is 2.05. The quantitative estimate of drug-likeness (QED) is 0.489. The lowest BCUT2D eigenvalue weighted by Gasteiger charge is -2.20. The molecule has 0 aromatic heterocycles. The summed E-state index contributed by atoms with van der Waals surface area (Å²) in [5.74, 6) is -7.48. The summed E-state index contributed by atoms with van der Waals surface area (Å²) in [5, 5.41) is 0. The average molecular weight is 252 g/mol. The predicted molar refractivity (Wildman–Crippen MR) is 56.9 cm³/mol. The first-order valence-corrected chi connectivity index (χ1v) is 5.62. The monoisotopic (exact) mass is 252 g/mol. The lowest BCUT2D eigenvalue weighted by Crippen LogP contribution is -2.46. The van der Waals surface area contributed by atoms with Crippen molar-refractivity contribution < 1.29 is 27.8 Å². The van der Waals surface area contributed by atoms with Crippen LogP contribution in [0.1, 0.15) is 33.6 Å². The van der Waals surface area contributed by atoms with Gasteiger partial charge in [-0.25, -0.2) is 4.79 Å². The van der Waals surface area contributed by atoms with Crippen molar-refractivity contribution in [2.75, 3.05) is 13.2 Å². The van der Waals surface area contributed by atoms with Crippen LogP contribution in [0.15, 0.2) is 0 Å². The van der Waals surface area contributed by atoms with E-state index >= 15 is 0 Å². The highest BCUT2D eigenvalue weighted by Crippen LogP contribution is 2.22. The molecule has 6 heteroatoms. The summed E-state index contributed by atoms with van der Waals surface area (Å²) >= 11 is 0. The second kappa shape index (κ2) is 7.32. The standard InChI is InChI=1S/C11H18F2O4/c1-4-7-8(16-5-2)9(14)11(12,13)10(15)17-6-3/h8H,4-7H2,1-3H3. The van der Waals surface area contributed by atoms with Crippen LogP contribution in [0, 0.1) is 0 Å². The highest BCUT2D eigenvalue weighted by Gasteiger charge is 2.51. The molecule has 0 spiro atoms. The first-order chi connectivity index (χ1) is 7.91. The maximum absolute atomic E-state index is 13.4. The number of carbonyl (C=O) groups is 2. The van der Waals surface area contributed by atoms with E-state index in [4.69, 9.17) is 4.74 Å². The molecule has 1 unspecified atom stereocenters. The fourth-order valence-electron chi connectivity index (χ4n) is 1.28. The van der Waals surface area contributed by atoms with E-state index in [-0.39, 0.29) is 19.6 Å².